The van der Waals surface area contributed by atoms with E-state index in [-0.39, 0.29) is 6.23 Å². The van der Waals surface area contributed by atoms with E-state index in [4.69, 9.17) is 10.5 Å². The molecule has 2 heteroatoms. The molecule has 1 rings (SSSR count). The van der Waals surface area contributed by atoms with Crippen molar-refractivity contribution in [1.29, 1.82) is 0 Å². The van der Waals surface area contributed by atoms with Gasteiger partial charge in [0.05, 0.1) is 6.10 Å². The highest BCUT2D eigenvalue weighted by Crippen LogP contribution is 2.14. The summed E-state index contributed by atoms with van der Waals surface area (Å²) in [7, 11) is 0. The van der Waals surface area contributed by atoms with Gasteiger partial charge in [0.15, 0.2) is 0 Å². The molecule has 1 fully saturated rings. The van der Waals surface area contributed by atoms with E-state index >= 15 is 0 Å². The first-order valence-electron chi connectivity index (χ1n) is 3.70. The lowest BCUT2D eigenvalue weighted by molar-refractivity contribution is 0.0601. The summed E-state index contributed by atoms with van der Waals surface area (Å²) in [6.07, 6.45) is 2.58. The van der Waals surface area contributed by atoms with Gasteiger partial charge < -0.3 is 10.5 Å². The fourth-order valence-electron chi connectivity index (χ4n) is 0.833. The Labute approximate surface area is 57.4 Å². The van der Waals surface area contributed by atoms with Crippen molar-refractivity contribution in [2.75, 3.05) is 0 Å². The molecule has 0 aromatic rings. The molecule has 1 saturated heterocycles. The monoisotopic (exact) mass is 131 g/mol. The van der Waals surface area contributed by atoms with Crippen LogP contribution in [0.5, 0.6) is 0 Å². The molecular formula is C7H17NO. The van der Waals surface area contributed by atoms with Crippen molar-refractivity contribution in [2.24, 2.45) is 5.73 Å². The van der Waals surface area contributed by atoms with Crippen LogP contribution in [0.25, 0.3) is 0 Å². The molecule has 0 aromatic heterocycles. The second-order valence-corrected chi connectivity index (χ2v) is 2.06. The number of rotatable bonds is 0. The van der Waals surface area contributed by atoms with Gasteiger partial charge in [-0.3, -0.25) is 0 Å². The molecule has 1 aliphatic heterocycles. The fourth-order valence-corrected chi connectivity index (χ4v) is 0.833. The molecule has 9 heavy (non-hydrogen) atoms. The molecule has 0 radical (unpaired) electrons. The highest BCUT2D eigenvalue weighted by molar-refractivity contribution is 4.63. The Morgan fingerprint density at radius 2 is 1.89 bits per heavy atom. The first kappa shape index (κ1) is 8.92. The van der Waals surface area contributed by atoms with Crippen molar-refractivity contribution in [3.63, 3.8) is 0 Å². The standard InChI is InChI=1S/C5H11NO.C2H6/c1-4-2-3-5(6)7-4;1-2/h4-5H,2-3,6H2,1H3;1-2H3. The molecule has 0 aromatic carbocycles. The number of ether oxygens (including phenoxy) is 1. The largest absolute Gasteiger partial charge is 0.361 e. The number of hydrogen-bond donors (Lipinski definition) is 1. The maximum absolute atomic E-state index is 5.40. The highest BCUT2D eigenvalue weighted by Gasteiger charge is 2.16. The predicted octanol–water partition coefficient (Wildman–Crippen LogP) is 1.50. The Morgan fingerprint density at radius 1 is 1.33 bits per heavy atom. The van der Waals surface area contributed by atoms with Crippen molar-refractivity contribution >= 4 is 0 Å². The normalized spacial score (nSPS) is 33.3. The lowest BCUT2D eigenvalue weighted by Crippen LogP contribution is -2.18. The molecule has 0 amide bonds. The third-order valence-corrected chi connectivity index (χ3v) is 1.26. The van der Waals surface area contributed by atoms with E-state index in [1.807, 2.05) is 20.8 Å². The van der Waals surface area contributed by atoms with E-state index < -0.39 is 0 Å². The molecule has 56 valence electrons. The van der Waals surface area contributed by atoms with E-state index in [0.717, 1.165) is 12.8 Å². The average Bonchev–Trinajstić information content (AvgIpc) is 2.20. The van der Waals surface area contributed by atoms with E-state index in [1.54, 1.807) is 0 Å². The van der Waals surface area contributed by atoms with Gasteiger partial charge >= 0.3 is 0 Å². The van der Waals surface area contributed by atoms with Crippen LogP contribution in [0.4, 0.5) is 0 Å². The zero-order valence-electron chi connectivity index (χ0n) is 6.55. The fraction of sp³-hybridized carbons (Fsp3) is 1.00. The van der Waals surface area contributed by atoms with Crippen LogP contribution in [0.1, 0.15) is 33.6 Å². The van der Waals surface area contributed by atoms with Gasteiger partial charge in [-0.25, -0.2) is 0 Å². The zero-order chi connectivity index (χ0) is 7.28. The Morgan fingerprint density at radius 3 is 2.00 bits per heavy atom. The van der Waals surface area contributed by atoms with Crippen LogP contribution < -0.4 is 5.73 Å². The lowest BCUT2D eigenvalue weighted by atomic mass is 10.2. The first-order valence-corrected chi connectivity index (χ1v) is 3.70. The van der Waals surface area contributed by atoms with Gasteiger partial charge in [0.2, 0.25) is 0 Å². The lowest BCUT2D eigenvalue weighted by Gasteiger charge is -2.01. The van der Waals surface area contributed by atoms with Crippen molar-refractivity contribution in [1.82, 2.24) is 0 Å². The molecule has 1 heterocycles. The molecule has 0 saturated carbocycles. The molecule has 0 aliphatic carbocycles. The highest BCUT2D eigenvalue weighted by atomic mass is 16.5. The van der Waals surface area contributed by atoms with Crippen molar-refractivity contribution in [2.45, 2.75) is 45.9 Å². The summed E-state index contributed by atoms with van der Waals surface area (Å²) >= 11 is 0. The maximum atomic E-state index is 5.40. The molecule has 2 nitrogen and oxygen atoms in total. The minimum Gasteiger partial charge on any atom is -0.361 e. The first-order chi connectivity index (χ1) is 4.29. The van der Waals surface area contributed by atoms with Crippen LogP contribution in [0.15, 0.2) is 0 Å². The summed E-state index contributed by atoms with van der Waals surface area (Å²) in [6.45, 7) is 6.05. The molecule has 1 aliphatic rings. The summed E-state index contributed by atoms with van der Waals surface area (Å²) in [5.41, 5.74) is 5.40. The Kier molecular flexibility index (Phi) is 4.72. The van der Waals surface area contributed by atoms with Crippen LogP contribution >= 0.6 is 0 Å². The van der Waals surface area contributed by atoms with Gasteiger partial charge in [-0.05, 0) is 19.8 Å². The Hall–Kier alpha value is -0.0800. The smallest absolute Gasteiger partial charge is 0.106 e. The van der Waals surface area contributed by atoms with Gasteiger partial charge in [0, 0.05) is 0 Å². The van der Waals surface area contributed by atoms with Gasteiger partial charge in [0.25, 0.3) is 0 Å². The van der Waals surface area contributed by atoms with E-state index in [9.17, 15) is 0 Å². The summed E-state index contributed by atoms with van der Waals surface area (Å²) in [4.78, 5) is 0. The van der Waals surface area contributed by atoms with E-state index in [1.165, 1.54) is 0 Å². The van der Waals surface area contributed by atoms with Gasteiger partial charge in [-0.2, -0.15) is 0 Å². The summed E-state index contributed by atoms with van der Waals surface area (Å²) in [5.74, 6) is 0. The van der Waals surface area contributed by atoms with E-state index in [0.29, 0.717) is 6.10 Å². The number of hydrogen-bond acceptors (Lipinski definition) is 2. The second kappa shape index (κ2) is 4.77. The van der Waals surface area contributed by atoms with Crippen molar-refractivity contribution in [3.05, 3.63) is 0 Å². The maximum Gasteiger partial charge on any atom is 0.106 e. The van der Waals surface area contributed by atoms with Crippen molar-refractivity contribution in [3.8, 4) is 0 Å². The third kappa shape index (κ3) is 3.49. The van der Waals surface area contributed by atoms with Crippen LogP contribution in [-0.2, 0) is 4.74 Å². The molecule has 0 bridgehead atoms. The predicted molar refractivity (Wildman–Crippen MR) is 39.1 cm³/mol. The van der Waals surface area contributed by atoms with Gasteiger partial charge in [0.1, 0.15) is 6.23 Å². The number of nitrogens with two attached hydrogens (primary N) is 1. The molecule has 2 N–H and O–H groups in total. The SMILES string of the molecule is CC.CC1CCC(N)O1. The van der Waals surface area contributed by atoms with Crippen molar-refractivity contribution < 1.29 is 4.74 Å². The quantitative estimate of drug-likeness (QED) is 0.540. The molecule has 2 unspecified atom stereocenters. The Bertz CT molecular complexity index is 57.9. The minimum absolute atomic E-state index is 0.0231. The van der Waals surface area contributed by atoms with E-state index in [2.05, 4.69) is 0 Å². The average molecular weight is 131 g/mol. The van der Waals surface area contributed by atoms with Crippen LogP contribution in [-0.4, -0.2) is 12.3 Å². The van der Waals surface area contributed by atoms with Crippen LogP contribution in [0.3, 0.4) is 0 Å². The molecule has 2 atom stereocenters. The zero-order valence-corrected chi connectivity index (χ0v) is 6.55. The minimum atomic E-state index is 0.0231. The summed E-state index contributed by atoms with van der Waals surface area (Å²) in [5, 5.41) is 0. The second-order valence-electron chi connectivity index (χ2n) is 2.06. The summed E-state index contributed by atoms with van der Waals surface area (Å²) in [6, 6.07) is 0. The van der Waals surface area contributed by atoms with Gasteiger partial charge in [-0.15, -0.1) is 0 Å². The topological polar surface area (TPSA) is 35.2 Å². The molecule has 0 spiro atoms. The Balaban J connectivity index is 0.000000291. The molecular weight excluding hydrogens is 114 g/mol. The third-order valence-electron chi connectivity index (χ3n) is 1.26. The van der Waals surface area contributed by atoms with Crippen LogP contribution in [0, 0.1) is 0 Å². The summed E-state index contributed by atoms with van der Waals surface area (Å²) < 4.78 is 5.14. The van der Waals surface area contributed by atoms with Gasteiger partial charge in [-0.1, -0.05) is 13.8 Å². The van der Waals surface area contributed by atoms with Crippen LogP contribution in [0.2, 0.25) is 0 Å².